The standard InChI is InChI=1S/C29H33N3O5S/c1-5-6-7-20(3)37-29(34)30-14-15-36-24-13-12-22(16-25(24)35-4)32-18-31-23-17-26(38-27(23)28(32)33)21-10-8-19(2)9-11-21/h8-13,16-18,20H,5-7,14-15H2,1-4H3,(H,30,34). The Kier molecular flexibility index (Phi) is 9.02. The van der Waals surface area contributed by atoms with Gasteiger partial charge in [-0.05, 0) is 44.0 Å². The summed E-state index contributed by atoms with van der Waals surface area (Å²) < 4.78 is 18.7. The Morgan fingerprint density at radius 2 is 1.92 bits per heavy atom. The highest BCUT2D eigenvalue weighted by Crippen LogP contribution is 2.32. The van der Waals surface area contributed by atoms with Crippen LogP contribution in [0.3, 0.4) is 0 Å². The molecule has 0 bridgehead atoms. The molecule has 0 saturated heterocycles. The Bertz CT molecular complexity index is 1450. The smallest absolute Gasteiger partial charge is 0.407 e. The lowest BCUT2D eigenvalue weighted by atomic mass is 10.1. The SMILES string of the molecule is CCCCC(C)OC(=O)NCCOc1ccc(-n2cnc3cc(-c4ccc(C)cc4)sc3c2=O)cc1OC. The highest BCUT2D eigenvalue weighted by molar-refractivity contribution is 7.22. The maximum atomic E-state index is 13.3. The fraction of sp³-hybridized carbons (Fsp3) is 0.345. The summed E-state index contributed by atoms with van der Waals surface area (Å²) in [5.41, 5.74) is 3.38. The molecule has 0 spiro atoms. The maximum absolute atomic E-state index is 13.3. The van der Waals surface area contributed by atoms with Crippen LogP contribution in [0.5, 0.6) is 11.5 Å². The average Bonchev–Trinajstić information content (AvgIpc) is 3.36. The molecular formula is C29H33N3O5S. The van der Waals surface area contributed by atoms with Crippen molar-refractivity contribution in [1.82, 2.24) is 14.9 Å². The molecule has 2 aromatic heterocycles. The van der Waals surface area contributed by atoms with Gasteiger partial charge in [-0.2, -0.15) is 0 Å². The third-order valence-electron chi connectivity index (χ3n) is 6.10. The van der Waals surface area contributed by atoms with Crippen LogP contribution in [-0.4, -0.2) is 42.0 Å². The number of nitrogens with one attached hydrogen (secondary N) is 1. The molecule has 0 aliphatic heterocycles. The van der Waals surface area contributed by atoms with Gasteiger partial charge in [-0.3, -0.25) is 9.36 Å². The van der Waals surface area contributed by atoms with Crippen molar-refractivity contribution in [3.63, 3.8) is 0 Å². The first kappa shape index (κ1) is 27.2. The number of aryl methyl sites for hydroxylation is 1. The van der Waals surface area contributed by atoms with E-state index in [2.05, 4.69) is 41.5 Å². The average molecular weight is 536 g/mol. The van der Waals surface area contributed by atoms with E-state index in [0.717, 1.165) is 29.7 Å². The van der Waals surface area contributed by atoms with Crippen molar-refractivity contribution >= 4 is 27.6 Å². The highest BCUT2D eigenvalue weighted by Gasteiger charge is 2.14. The number of rotatable bonds is 11. The Balaban J connectivity index is 1.43. The summed E-state index contributed by atoms with van der Waals surface area (Å²) >= 11 is 1.43. The Labute approximate surface area is 226 Å². The van der Waals surface area contributed by atoms with Gasteiger partial charge in [0.15, 0.2) is 11.5 Å². The number of carbonyl (C=O) groups excluding carboxylic acids is 1. The fourth-order valence-corrected chi connectivity index (χ4v) is 5.02. The molecule has 38 heavy (non-hydrogen) atoms. The lowest BCUT2D eigenvalue weighted by molar-refractivity contribution is 0.0996. The number of methoxy groups -OCH3 is 1. The molecule has 1 atom stereocenters. The number of unbranched alkanes of at least 4 members (excludes halogenated alkanes) is 1. The van der Waals surface area contributed by atoms with Crippen molar-refractivity contribution in [2.45, 2.75) is 46.1 Å². The quantitative estimate of drug-likeness (QED) is 0.233. The highest BCUT2D eigenvalue weighted by atomic mass is 32.1. The summed E-state index contributed by atoms with van der Waals surface area (Å²) in [6.07, 6.45) is 3.88. The fourth-order valence-electron chi connectivity index (χ4n) is 3.97. The van der Waals surface area contributed by atoms with Gasteiger partial charge in [-0.25, -0.2) is 9.78 Å². The summed E-state index contributed by atoms with van der Waals surface area (Å²) in [6.45, 7) is 6.55. The van der Waals surface area contributed by atoms with Gasteiger partial charge in [0, 0.05) is 10.9 Å². The van der Waals surface area contributed by atoms with E-state index < -0.39 is 6.09 Å². The third-order valence-corrected chi connectivity index (χ3v) is 7.26. The van der Waals surface area contributed by atoms with Gasteiger partial charge < -0.3 is 19.5 Å². The lowest BCUT2D eigenvalue weighted by Crippen LogP contribution is -2.31. The third kappa shape index (κ3) is 6.52. The van der Waals surface area contributed by atoms with Crippen molar-refractivity contribution in [2.75, 3.05) is 20.3 Å². The normalized spacial score (nSPS) is 11.8. The number of carbonyl (C=O) groups is 1. The van der Waals surface area contributed by atoms with E-state index in [1.54, 1.807) is 18.2 Å². The molecule has 0 aliphatic rings. The number of thiophene rings is 1. The molecule has 4 aromatic rings. The summed E-state index contributed by atoms with van der Waals surface area (Å²) in [5.74, 6) is 0.972. The van der Waals surface area contributed by atoms with E-state index in [1.807, 2.05) is 19.9 Å². The van der Waals surface area contributed by atoms with E-state index in [-0.39, 0.29) is 24.8 Å². The minimum absolute atomic E-state index is 0.121. The summed E-state index contributed by atoms with van der Waals surface area (Å²) in [6, 6.07) is 15.4. The molecule has 200 valence electrons. The first-order valence-electron chi connectivity index (χ1n) is 12.7. The molecule has 0 fully saturated rings. The number of amides is 1. The molecule has 0 aliphatic carbocycles. The van der Waals surface area contributed by atoms with Crippen LogP contribution in [-0.2, 0) is 4.74 Å². The molecule has 1 amide bonds. The predicted molar refractivity (Wildman–Crippen MR) is 151 cm³/mol. The first-order chi connectivity index (χ1) is 18.4. The molecule has 1 unspecified atom stereocenters. The van der Waals surface area contributed by atoms with E-state index in [1.165, 1.54) is 34.9 Å². The van der Waals surface area contributed by atoms with Crippen LogP contribution < -0.4 is 20.3 Å². The largest absolute Gasteiger partial charge is 0.493 e. The maximum Gasteiger partial charge on any atom is 0.407 e. The Hall–Kier alpha value is -3.85. The zero-order valence-corrected chi connectivity index (χ0v) is 23.0. The van der Waals surface area contributed by atoms with Crippen LogP contribution in [0.1, 0.15) is 38.7 Å². The Morgan fingerprint density at radius 1 is 1.13 bits per heavy atom. The van der Waals surface area contributed by atoms with Gasteiger partial charge in [0.05, 0.1) is 24.9 Å². The predicted octanol–water partition coefficient (Wildman–Crippen LogP) is 6.11. The van der Waals surface area contributed by atoms with Gasteiger partial charge in [-0.1, -0.05) is 49.6 Å². The number of aromatic nitrogens is 2. The molecule has 8 nitrogen and oxygen atoms in total. The molecule has 9 heteroatoms. The van der Waals surface area contributed by atoms with E-state index >= 15 is 0 Å². The van der Waals surface area contributed by atoms with Crippen molar-refractivity contribution in [3.8, 4) is 27.6 Å². The topological polar surface area (TPSA) is 91.7 Å². The second-order valence-corrected chi connectivity index (χ2v) is 10.1. The van der Waals surface area contributed by atoms with Crippen LogP contribution in [0.2, 0.25) is 0 Å². The minimum Gasteiger partial charge on any atom is -0.493 e. The van der Waals surface area contributed by atoms with E-state index in [0.29, 0.717) is 27.4 Å². The Morgan fingerprint density at radius 3 is 2.66 bits per heavy atom. The van der Waals surface area contributed by atoms with Crippen LogP contribution in [0.4, 0.5) is 4.79 Å². The summed E-state index contributed by atoms with van der Waals surface area (Å²) in [4.78, 5) is 30.8. The van der Waals surface area contributed by atoms with Gasteiger partial charge in [0.2, 0.25) is 0 Å². The summed E-state index contributed by atoms with van der Waals surface area (Å²) in [7, 11) is 1.54. The van der Waals surface area contributed by atoms with Gasteiger partial charge in [0.1, 0.15) is 23.7 Å². The molecular weight excluding hydrogens is 502 g/mol. The molecule has 0 saturated carbocycles. The van der Waals surface area contributed by atoms with Gasteiger partial charge in [0.25, 0.3) is 5.56 Å². The first-order valence-corrected chi connectivity index (χ1v) is 13.5. The van der Waals surface area contributed by atoms with Crippen LogP contribution in [0.25, 0.3) is 26.3 Å². The zero-order chi connectivity index (χ0) is 27.1. The second-order valence-electron chi connectivity index (χ2n) is 9.08. The second kappa shape index (κ2) is 12.6. The van der Waals surface area contributed by atoms with Gasteiger partial charge in [-0.15, -0.1) is 11.3 Å². The number of benzene rings is 2. The number of ether oxygens (including phenoxy) is 3. The summed E-state index contributed by atoms with van der Waals surface area (Å²) in [5, 5.41) is 2.70. The monoisotopic (exact) mass is 535 g/mol. The van der Waals surface area contributed by atoms with Crippen molar-refractivity contribution < 1.29 is 19.0 Å². The van der Waals surface area contributed by atoms with E-state index in [9.17, 15) is 9.59 Å². The number of hydrogen-bond acceptors (Lipinski definition) is 7. The van der Waals surface area contributed by atoms with Crippen molar-refractivity contribution in [1.29, 1.82) is 0 Å². The molecule has 4 rings (SSSR count). The van der Waals surface area contributed by atoms with E-state index in [4.69, 9.17) is 14.2 Å². The van der Waals surface area contributed by atoms with Gasteiger partial charge >= 0.3 is 6.09 Å². The zero-order valence-electron chi connectivity index (χ0n) is 22.2. The number of hydrogen-bond donors (Lipinski definition) is 1. The molecule has 0 radical (unpaired) electrons. The number of fused-ring (bicyclic) bond motifs is 1. The van der Waals surface area contributed by atoms with Crippen molar-refractivity contribution in [3.05, 3.63) is 70.8 Å². The molecule has 2 aromatic carbocycles. The minimum atomic E-state index is -0.458. The lowest BCUT2D eigenvalue weighted by Gasteiger charge is -2.15. The van der Waals surface area contributed by atoms with Crippen LogP contribution in [0, 0.1) is 6.92 Å². The number of nitrogens with zero attached hydrogens (tertiary/aromatic N) is 2. The molecule has 1 N–H and O–H groups in total. The molecule has 2 heterocycles. The van der Waals surface area contributed by atoms with Crippen molar-refractivity contribution in [2.24, 2.45) is 0 Å². The number of alkyl carbamates (subject to hydrolysis) is 1. The van der Waals surface area contributed by atoms with Crippen LogP contribution in [0.15, 0.2) is 59.7 Å². The van der Waals surface area contributed by atoms with Crippen LogP contribution >= 0.6 is 11.3 Å².